The molecule has 0 heterocycles. The molecule has 0 bridgehead atoms. The average Bonchev–Trinajstić information content (AvgIpc) is 1.98. The number of carbonyl (C=O) groups is 1. The molecule has 60 valence electrons. The van der Waals surface area contributed by atoms with Gasteiger partial charge in [0.15, 0.2) is 5.78 Å². The van der Waals surface area contributed by atoms with E-state index in [4.69, 9.17) is 0 Å². The number of ketones is 1. The van der Waals surface area contributed by atoms with E-state index in [-0.39, 0.29) is 5.78 Å². The normalized spacial score (nSPS) is 23.6. The van der Waals surface area contributed by atoms with E-state index in [1.807, 2.05) is 6.08 Å². The molecule has 0 fully saturated rings. The number of allylic oxidation sites excluding steroid dienone is 4. The Balaban J connectivity index is 2.68. The lowest BCUT2D eigenvalue weighted by Crippen LogP contribution is -2.04. The van der Waals surface area contributed by atoms with Crippen LogP contribution in [0.4, 0.5) is 0 Å². The highest BCUT2D eigenvalue weighted by molar-refractivity contribution is 6.00. The summed E-state index contributed by atoms with van der Waals surface area (Å²) >= 11 is 0. The largest absolute Gasteiger partial charge is 0.290 e. The Hall–Kier alpha value is -0.850. The zero-order valence-corrected chi connectivity index (χ0v) is 7.13. The van der Waals surface area contributed by atoms with Gasteiger partial charge in [-0.05, 0) is 24.5 Å². The molecule has 1 aliphatic carbocycles. The molecule has 1 atom stereocenters. The summed E-state index contributed by atoms with van der Waals surface area (Å²) < 4.78 is 0. The van der Waals surface area contributed by atoms with Gasteiger partial charge in [0.05, 0.1) is 0 Å². The molecule has 1 nitrogen and oxygen atoms in total. The highest BCUT2D eigenvalue weighted by Gasteiger charge is 2.10. The van der Waals surface area contributed by atoms with Gasteiger partial charge in [-0.25, -0.2) is 0 Å². The van der Waals surface area contributed by atoms with Crippen LogP contribution in [0.3, 0.4) is 0 Å². The van der Waals surface area contributed by atoms with Crippen LogP contribution in [0.25, 0.3) is 0 Å². The number of hydrogen-bond acceptors (Lipinski definition) is 1. The van der Waals surface area contributed by atoms with Gasteiger partial charge in [0.25, 0.3) is 0 Å². The molecule has 0 N–H and O–H groups in total. The van der Waals surface area contributed by atoms with Crippen molar-refractivity contribution < 1.29 is 4.79 Å². The summed E-state index contributed by atoms with van der Waals surface area (Å²) in [5, 5.41) is 0. The van der Waals surface area contributed by atoms with Crippen LogP contribution in [0.1, 0.15) is 26.7 Å². The minimum absolute atomic E-state index is 0.145. The SMILES string of the molecule is CCCC1=CC(=O)C=CC1C. The molecule has 0 saturated carbocycles. The van der Waals surface area contributed by atoms with Crippen LogP contribution in [0.5, 0.6) is 0 Å². The lowest BCUT2D eigenvalue weighted by atomic mass is 9.91. The summed E-state index contributed by atoms with van der Waals surface area (Å²) in [6.45, 7) is 4.26. The molecule has 1 aliphatic rings. The third-order valence-electron chi connectivity index (χ3n) is 2.00. The van der Waals surface area contributed by atoms with Crippen LogP contribution in [-0.4, -0.2) is 5.78 Å². The maximum atomic E-state index is 10.9. The van der Waals surface area contributed by atoms with Gasteiger partial charge in [-0.1, -0.05) is 31.9 Å². The van der Waals surface area contributed by atoms with E-state index >= 15 is 0 Å². The average molecular weight is 150 g/mol. The van der Waals surface area contributed by atoms with Crippen molar-refractivity contribution in [1.29, 1.82) is 0 Å². The highest BCUT2D eigenvalue weighted by atomic mass is 16.1. The topological polar surface area (TPSA) is 17.1 Å². The summed E-state index contributed by atoms with van der Waals surface area (Å²) in [6, 6.07) is 0. The fraction of sp³-hybridized carbons (Fsp3) is 0.500. The molecular weight excluding hydrogens is 136 g/mol. The van der Waals surface area contributed by atoms with Crippen LogP contribution in [0.2, 0.25) is 0 Å². The second-order valence-corrected chi connectivity index (χ2v) is 3.02. The van der Waals surface area contributed by atoms with Crippen molar-refractivity contribution in [3.05, 3.63) is 23.8 Å². The molecule has 1 rings (SSSR count). The summed E-state index contributed by atoms with van der Waals surface area (Å²) in [5.41, 5.74) is 1.28. The van der Waals surface area contributed by atoms with E-state index in [0.717, 1.165) is 12.8 Å². The molecule has 11 heavy (non-hydrogen) atoms. The Kier molecular flexibility index (Phi) is 2.64. The molecule has 0 amide bonds. The first-order valence-electron chi connectivity index (χ1n) is 4.16. The predicted octanol–water partition coefficient (Wildman–Crippen LogP) is 2.49. The van der Waals surface area contributed by atoms with Crippen LogP contribution in [0.15, 0.2) is 23.8 Å². The van der Waals surface area contributed by atoms with Crippen molar-refractivity contribution in [3.63, 3.8) is 0 Å². The zero-order valence-electron chi connectivity index (χ0n) is 7.13. The minimum atomic E-state index is 0.145. The summed E-state index contributed by atoms with van der Waals surface area (Å²) in [5.74, 6) is 0.610. The molecule has 1 heteroatoms. The van der Waals surface area contributed by atoms with Gasteiger partial charge in [0, 0.05) is 0 Å². The van der Waals surface area contributed by atoms with E-state index in [2.05, 4.69) is 13.8 Å². The lowest BCUT2D eigenvalue weighted by Gasteiger charge is -2.13. The summed E-state index contributed by atoms with van der Waals surface area (Å²) in [4.78, 5) is 10.9. The molecule has 0 aromatic heterocycles. The Morgan fingerprint density at radius 3 is 2.91 bits per heavy atom. The zero-order chi connectivity index (χ0) is 8.27. The molecule has 0 spiro atoms. The Bertz CT molecular complexity index is 211. The van der Waals surface area contributed by atoms with Crippen LogP contribution < -0.4 is 0 Å². The van der Waals surface area contributed by atoms with E-state index in [0.29, 0.717) is 5.92 Å². The maximum Gasteiger partial charge on any atom is 0.178 e. The smallest absolute Gasteiger partial charge is 0.178 e. The monoisotopic (exact) mass is 150 g/mol. The standard InChI is InChI=1S/C10H14O/c1-3-4-9-7-10(11)6-5-8(9)2/h5-8H,3-4H2,1-2H3. The number of rotatable bonds is 2. The van der Waals surface area contributed by atoms with Gasteiger partial charge in [-0.2, -0.15) is 0 Å². The van der Waals surface area contributed by atoms with Crippen molar-refractivity contribution >= 4 is 5.78 Å². The molecule has 0 aliphatic heterocycles. The molecule has 0 radical (unpaired) electrons. The van der Waals surface area contributed by atoms with E-state index in [1.54, 1.807) is 12.2 Å². The van der Waals surface area contributed by atoms with Gasteiger partial charge in [-0.3, -0.25) is 4.79 Å². The van der Waals surface area contributed by atoms with E-state index < -0.39 is 0 Å². The van der Waals surface area contributed by atoms with Crippen LogP contribution >= 0.6 is 0 Å². The predicted molar refractivity (Wildman–Crippen MR) is 46.3 cm³/mol. The Morgan fingerprint density at radius 1 is 1.55 bits per heavy atom. The Morgan fingerprint density at radius 2 is 2.27 bits per heavy atom. The summed E-state index contributed by atoms with van der Waals surface area (Å²) in [7, 11) is 0. The molecule has 0 saturated heterocycles. The molecule has 1 unspecified atom stereocenters. The Labute approximate surface area is 67.8 Å². The third kappa shape index (κ3) is 2.04. The van der Waals surface area contributed by atoms with Crippen molar-refractivity contribution in [2.24, 2.45) is 5.92 Å². The fourth-order valence-corrected chi connectivity index (χ4v) is 1.31. The number of carbonyl (C=O) groups excluding carboxylic acids is 1. The fourth-order valence-electron chi connectivity index (χ4n) is 1.31. The first kappa shape index (κ1) is 8.25. The van der Waals surface area contributed by atoms with Crippen molar-refractivity contribution in [2.45, 2.75) is 26.7 Å². The molecular formula is C10H14O. The van der Waals surface area contributed by atoms with Crippen molar-refractivity contribution in [1.82, 2.24) is 0 Å². The first-order chi connectivity index (χ1) is 5.24. The van der Waals surface area contributed by atoms with Gasteiger partial charge in [-0.15, -0.1) is 0 Å². The first-order valence-corrected chi connectivity index (χ1v) is 4.16. The second kappa shape index (κ2) is 3.51. The van der Waals surface area contributed by atoms with Gasteiger partial charge >= 0.3 is 0 Å². The second-order valence-electron chi connectivity index (χ2n) is 3.02. The van der Waals surface area contributed by atoms with E-state index in [9.17, 15) is 4.79 Å². The van der Waals surface area contributed by atoms with Crippen molar-refractivity contribution in [2.75, 3.05) is 0 Å². The van der Waals surface area contributed by atoms with Crippen LogP contribution in [0, 0.1) is 5.92 Å². The molecule has 0 aromatic carbocycles. The molecule has 0 aromatic rings. The van der Waals surface area contributed by atoms with Crippen LogP contribution in [-0.2, 0) is 4.79 Å². The number of hydrogen-bond donors (Lipinski definition) is 0. The quantitative estimate of drug-likeness (QED) is 0.591. The van der Waals surface area contributed by atoms with Gasteiger partial charge in [0.2, 0.25) is 0 Å². The third-order valence-corrected chi connectivity index (χ3v) is 2.00. The van der Waals surface area contributed by atoms with Gasteiger partial charge < -0.3 is 0 Å². The van der Waals surface area contributed by atoms with Crippen molar-refractivity contribution in [3.8, 4) is 0 Å². The van der Waals surface area contributed by atoms with E-state index in [1.165, 1.54) is 5.57 Å². The maximum absolute atomic E-state index is 10.9. The van der Waals surface area contributed by atoms with Gasteiger partial charge in [0.1, 0.15) is 0 Å². The minimum Gasteiger partial charge on any atom is -0.290 e. The lowest BCUT2D eigenvalue weighted by molar-refractivity contribution is -0.110. The summed E-state index contributed by atoms with van der Waals surface area (Å²) in [6.07, 6.45) is 7.58. The highest BCUT2D eigenvalue weighted by Crippen LogP contribution is 2.20.